The summed E-state index contributed by atoms with van der Waals surface area (Å²) in [6.45, 7) is 14.3. The Morgan fingerprint density at radius 2 is 1.44 bits per heavy atom. The molecular formula is C33H62O. The molecular weight excluding hydrogens is 412 g/mol. The van der Waals surface area contributed by atoms with E-state index in [1.165, 1.54) is 109 Å². The molecule has 0 aliphatic heterocycles. The van der Waals surface area contributed by atoms with Crippen molar-refractivity contribution in [1.82, 2.24) is 0 Å². The molecule has 0 bridgehead atoms. The van der Waals surface area contributed by atoms with Crippen LogP contribution >= 0.6 is 0 Å². The van der Waals surface area contributed by atoms with Crippen LogP contribution in [-0.4, -0.2) is 11.2 Å². The first-order chi connectivity index (χ1) is 16.4. The van der Waals surface area contributed by atoms with Gasteiger partial charge in [-0.1, -0.05) is 103 Å². The minimum Gasteiger partial charge on any atom is -0.393 e. The number of aliphatic hydroxyl groups excluding tert-OH is 1. The number of hydrogen-bond acceptors (Lipinski definition) is 1. The first-order valence-corrected chi connectivity index (χ1v) is 15.7. The highest BCUT2D eigenvalue weighted by Crippen LogP contribution is 2.45. The minimum absolute atomic E-state index is 0.139. The van der Waals surface area contributed by atoms with E-state index in [1.54, 1.807) is 11.1 Å². The lowest BCUT2D eigenvalue weighted by molar-refractivity contribution is 0.0741. The molecule has 1 heteroatoms. The van der Waals surface area contributed by atoms with Crippen LogP contribution in [-0.2, 0) is 0 Å². The molecule has 0 amide bonds. The van der Waals surface area contributed by atoms with Crippen LogP contribution in [0.15, 0.2) is 11.1 Å². The second kappa shape index (κ2) is 16.4. The Morgan fingerprint density at radius 3 is 2.06 bits per heavy atom. The van der Waals surface area contributed by atoms with Crippen molar-refractivity contribution in [1.29, 1.82) is 0 Å². The predicted molar refractivity (Wildman–Crippen MR) is 151 cm³/mol. The third-order valence-corrected chi connectivity index (χ3v) is 10.1. The van der Waals surface area contributed by atoms with E-state index in [-0.39, 0.29) is 6.10 Å². The SMILES string of the molecule is CCC(C)C(CC)C(CCC[C@@H](C)CC1=C(C)CCCC1)C(CCCC(C)O)C1CCCCC1. The first-order valence-electron chi connectivity index (χ1n) is 15.7. The summed E-state index contributed by atoms with van der Waals surface area (Å²) in [5, 5.41) is 9.95. The average molecular weight is 475 g/mol. The molecule has 1 saturated carbocycles. The summed E-state index contributed by atoms with van der Waals surface area (Å²) in [5.74, 6) is 5.28. The molecule has 0 aromatic rings. The quantitative estimate of drug-likeness (QED) is 0.220. The zero-order valence-corrected chi connectivity index (χ0v) is 24.2. The highest BCUT2D eigenvalue weighted by atomic mass is 16.3. The van der Waals surface area contributed by atoms with Gasteiger partial charge in [-0.15, -0.1) is 0 Å². The fourth-order valence-corrected chi connectivity index (χ4v) is 7.81. The lowest BCUT2D eigenvalue weighted by Crippen LogP contribution is -2.33. The molecule has 0 aromatic heterocycles. The van der Waals surface area contributed by atoms with Gasteiger partial charge in [0.15, 0.2) is 0 Å². The van der Waals surface area contributed by atoms with Crippen LogP contribution in [0.1, 0.15) is 157 Å². The molecule has 2 aliphatic rings. The Bertz CT molecular complexity index is 555. The van der Waals surface area contributed by atoms with Gasteiger partial charge >= 0.3 is 0 Å². The predicted octanol–water partition coefficient (Wildman–Crippen LogP) is 10.5. The van der Waals surface area contributed by atoms with Crippen molar-refractivity contribution in [2.45, 2.75) is 163 Å². The van der Waals surface area contributed by atoms with Gasteiger partial charge in [0.25, 0.3) is 0 Å². The van der Waals surface area contributed by atoms with E-state index >= 15 is 0 Å². The maximum absolute atomic E-state index is 9.95. The molecule has 2 aliphatic carbocycles. The van der Waals surface area contributed by atoms with Gasteiger partial charge in [0.1, 0.15) is 0 Å². The Labute approximate surface area is 215 Å². The Morgan fingerprint density at radius 1 is 0.765 bits per heavy atom. The van der Waals surface area contributed by atoms with Crippen LogP contribution in [0.5, 0.6) is 0 Å². The van der Waals surface area contributed by atoms with Gasteiger partial charge in [-0.25, -0.2) is 0 Å². The van der Waals surface area contributed by atoms with Crippen LogP contribution in [0.4, 0.5) is 0 Å². The molecule has 0 radical (unpaired) electrons. The summed E-state index contributed by atoms with van der Waals surface area (Å²) in [4.78, 5) is 0. The lowest BCUT2D eigenvalue weighted by Gasteiger charge is -2.42. The molecule has 0 heterocycles. The smallest absolute Gasteiger partial charge is 0.0512 e. The molecule has 1 nitrogen and oxygen atoms in total. The normalized spacial score (nSPS) is 23.4. The second-order valence-corrected chi connectivity index (χ2v) is 12.8. The number of aliphatic hydroxyl groups is 1. The van der Waals surface area contributed by atoms with E-state index in [4.69, 9.17) is 0 Å². The van der Waals surface area contributed by atoms with Crippen LogP contribution in [0, 0.1) is 35.5 Å². The fourth-order valence-electron chi connectivity index (χ4n) is 7.81. The summed E-state index contributed by atoms with van der Waals surface area (Å²) in [6, 6.07) is 0. The maximum Gasteiger partial charge on any atom is 0.0512 e. The van der Waals surface area contributed by atoms with E-state index in [9.17, 15) is 5.11 Å². The van der Waals surface area contributed by atoms with Gasteiger partial charge in [-0.05, 0) is 101 Å². The molecule has 0 aromatic carbocycles. The first kappa shape index (κ1) is 29.9. The van der Waals surface area contributed by atoms with E-state index in [2.05, 4.69) is 34.6 Å². The summed E-state index contributed by atoms with van der Waals surface area (Å²) in [5.41, 5.74) is 3.52. The van der Waals surface area contributed by atoms with E-state index in [0.717, 1.165) is 41.9 Å². The summed E-state index contributed by atoms with van der Waals surface area (Å²) < 4.78 is 0. The van der Waals surface area contributed by atoms with Crippen LogP contribution < -0.4 is 0 Å². The molecule has 34 heavy (non-hydrogen) atoms. The van der Waals surface area contributed by atoms with Gasteiger partial charge in [-0.2, -0.15) is 0 Å². The minimum atomic E-state index is -0.139. The topological polar surface area (TPSA) is 20.2 Å². The van der Waals surface area contributed by atoms with Gasteiger partial charge in [0, 0.05) is 0 Å². The van der Waals surface area contributed by atoms with Crippen molar-refractivity contribution >= 4 is 0 Å². The maximum atomic E-state index is 9.95. The summed E-state index contributed by atoms with van der Waals surface area (Å²) >= 11 is 0. The van der Waals surface area contributed by atoms with Crippen molar-refractivity contribution in [2.24, 2.45) is 35.5 Å². The van der Waals surface area contributed by atoms with E-state index in [1.807, 2.05) is 6.92 Å². The van der Waals surface area contributed by atoms with Gasteiger partial charge < -0.3 is 5.11 Å². The molecule has 0 saturated heterocycles. The lowest BCUT2D eigenvalue weighted by atomic mass is 9.63. The fraction of sp³-hybridized carbons (Fsp3) is 0.939. The zero-order valence-electron chi connectivity index (χ0n) is 24.2. The summed E-state index contributed by atoms with van der Waals surface area (Å²) in [7, 11) is 0. The van der Waals surface area contributed by atoms with E-state index < -0.39 is 0 Å². The third-order valence-electron chi connectivity index (χ3n) is 10.1. The van der Waals surface area contributed by atoms with Crippen LogP contribution in [0.25, 0.3) is 0 Å². The number of rotatable bonds is 16. The highest BCUT2D eigenvalue weighted by Gasteiger charge is 2.35. The molecule has 1 fully saturated rings. The zero-order chi connectivity index (χ0) is 24.9. The largest absolute Gasteiger partial charge is 0.393 e. The van der Waals surface area contributed by atoms with Gasteiger partial charge in [0.05, 0.1) is 6.10 Å². The van der Waals surface area contributed by atoms with Crippen molar-refractivity contribution in [3.8, 4) is 0 Å². The molecule has 0 spiro atoms. The standard InChI is InChI=1S/C33H62O/c1-7-26(4)31(8-2)33(23-14-16-25(3)24-30-21-13-12-17-27(30)5)32(22-15-18-28(6)34)29-19-10-9-11-20-29/h25-26,28-29,31-34H,7-24H2,1-6H3/t25-,26?,28?,31?,32?,33?/m1/s1. The van der Waals surface area contributed by atoms with Crippen LogP contribution in [0.2, 0.25) is 0 Å². The Hall–Kier alpha value is -0.300. The van der Waals surface area contributed by atoms with Crippen molar-refractivity contribution in [3.63, 3.8) is 0 Å². The molecule has 6 atom stereocenters. The van der Waals surface area contributed by atoms with Crippen LogP contribution in [0.3, 0.4) is 0 Å². The molecule has 1 N–H and O–H groups in total. The Kier molecular flexibility index (Phi) is 14.5. The second-order valence-electron chi connectivity index (χ2n) is 12.8. The number of hydrogen-bond donors (Lipinski definition) is 1. The van der Waals surface area contributed by atoms with Gasteiger partial charge in [-0.3, -0.25) is 0 Å². The molecule has 200 valence electrons. The average Bonchev–Trinajstić information content (AvgIpc) is 2.83. The number of allylic oxidation sites excluding steroid dienone is 2. The molecule has 5 unspecified atom stereocenters. The molecule has 2 rings (SSSR count). The highest BCUT2D eigenvalue weighted by molar-refractivity contribution is 5.15. The Balaban J connectivity index is 2.08. The van der Waals surface area contributed by atoms with Gasteiger partial charge in [0.2, 0.25) is 0 Å². The van der Waals surface area contributed by atoms with Crippen molar-refractivity contribution in [2.75, 3.05) is 0 Å². The summed E-state index contributed by atoms with van der Waals surface area (Å²) in [6.07, 6.45) is 24.6. The third kappa shape index (κ3) is 9.99. The van der Waals surface area contributed by atoms with Crippen molar-refractivity contribution in [3.05, 3.63) is 11.1 Å². The van der Waals surface area contributed by atoms with E-state index in [0.29, 0.717) is 0 Å². The van der Waals surface area contributed by atoms with Crippen molar-refractivity contribution < 1.29 is 5.11 Å². The monoisotopic (exact) mass is 474 g/mol.